The Morgan fingerprint density at radius 3 is 2.82 bits per heavy atom. The molecule has 1 aromatic rings. The fourth-order valence-electron chi connectivity index (χ4n) is 1.16. The van der Waals surface area contributed by atoms with Gasteiger partial charge in [-0.05, 0) is 6.92 Å². The molecule has 0 spiro atoms. The molecule has 1 heterocycles. The van der Waals surface area contributed by atoms with Gasteiger partial charge >= 0.3 is 5.97 Å². The number of terminal acetylenes is 1. The standard InChI is InChI=1S/C9H11N3O4S/c1-3-4-7(9(13)14)12-17(15,16)8-5-10-11-6(8)2/h1,5,7,12H,4H2,2H3,(H,10,11)(H,13,14). The smallest absolute Gasteiger partial charge is 0.322 e. The van der Waals surface area contributed by atoms with Gasteiger partial charge in [0.05, 0.1) is 11.9 Å². The van der Waals surface area contributed by atoms with Crippen molar-refractivity contribution in [3.05, 3.63) is 11.9 Å². The van der Waals surface area contributed by atoms with Crippen molar-refractivity contribution in [3.63, 3.8) is 0 Å². The van der Waals surface area contributed by atoms with Crippen LogP contribution >= 0.6 is 0 Å². The molecule has 0 aliphatic carbocycles. The van der Waals surface area contributed by atoms with E-state index in [2.05, 4.69) is 16.1 Å². The lowest BCUT2D eigenvalue weighted by molar-refractivity contribution is -0.138. The van der Waals surface area contributed by atoms with Crippen LogP contribution in [0, 0.1) is 19.3 Å². The Morgan fingerprint density at radius 2 is 2.41 bits per heavy atom. The minimum Gasteiger partial charge on any atom is -0.480 e. The highest BCUT2D eigenvalue weighted by Gasteiger charge is 2.26. The lowest BCUT2D eigenvalue weighted by atomic mass is 10.2. The lowest BCUT2D eigenvalue weighted by Gasteiger charge is -2.11. The van der Waals surface area contributed by atoms with Crippen molar-refractivity contribution in [2.75, 3.05) is 0 Å². The van der Waals surface area contributed by atoms with Gasteiger partial charge in [0, 0.05) is 6.42 Å². The van der Waals surface area contributed by atoms with Crippen LogP contribution in [0.1, 0.15) is 12.1 Å². The summed E-state index contributed by atoms with van der Waals surface area (Å²) in [4.78, 5) is 10.7. The van der Waals surface area contributed by atoms with Crippen LogP contribution in [0.15, 0.2) is 11.1 Å². The number of carboxylic acid groups (broad SMARTS) is 1. The van der Waals surface area contributed by atoms with E-state index in [0.29, 0.717) is 5.69 Å². The first kappa shape index (κ1) is 13.2. The van der Waals surface area contributed by atoms with Crippen molar-refractivity contribution >= 4 is 16.0 Å². The Bertz CT molecular complexity index is 555. The Labute approximate surface area is 98.3 Å². The second kappa shape index (κ2) is 4.99. The number of nitrogens with one attached hydrogen (secondary N) is 2. The summed E-state index contributed by atoms with van der Waals surface area (Å²) in [6.45, 7) is 1.51. The van der Waals surface area contributed by atoms with Gasteiger partial charge < -0.3 is 5.11 Å². The highest BCUT2D eigenvalue weighted by molar-refractivity contribution is 7.89. The number of nitrogens with zero attached hydrogens (tertiary/aromatic N) is 1. The van der Waals surface area contributed by atoms with E-state index in [9.17, 15) is 13.2 Å². The summed E-state index contributed by atoms with van der Waals surface area (Å²) in [5, 5.41) is 14.8. The van der Waals surface area contributed by atoms with Crippen molar-refractivity contribution in [1.29, 1.82) is 0 Å². The quantitative estimate of drug-likeness (QED) is 0.614. The molecule has 0 aliphatic rings. The van der Waals surface area contributed by atoms with Gasteiger partial charge in [0.2, 0.25) is 10.0 Å². The molecule has 0 bridgehead atoms. The summed E-state index contributed by atoms with van der Waals surface area (Å²) in [5.74, 6) is 0.774. The number of hydrogen-bond donors (Lipinski definition) is 3. The van der Waals surface area contributed by atoms with Gasteiger partial charge in [-0.2, -0.15) is 9.82 Å². The molecule has 7 nitrogen and oxygen atoms in total. The number of sulfonamides is 1. The third-order valence-corrected chi connectivity index (χ3v) is 3.58. The number of H-pyrrole nitrogens is 1. The molecule has 0 saturated carbocycles. The number of aromatic amines is 1. The van der Waals surface area contributed by atoms with Crippen molar-refractivity contribution in [3.8, 4) is 12.3 Å². The van der Waals surface area contributed by atoms with E-state index in [0.717, 1.165) is 6.20 Å². The molecule has 8 heteroatoms. The van der Waals surface area contributed by atoms with E-state index < -0.39 is 22.0 Å². The fourth-order valence-corrected chi connectivity index (χ4v) is 2.48. The van der Waals surface area contributed by atoms with Crippen molar-refractivity contribution in [2.24, 2.45) is 0 Å². The summed E-state index contributed by atoms with van der Waals surface area (Å²) in [7, 11) is -3.93. The zero-order chi connectivity index (χ0) is 13.1. The molecule has 92 valence electrons. The Morgan fingerprint density at radius 1 is 1.76 bits per heavy atom. The van der Waals surface area contributed by atoms with Crippen LogP contribution in [0.3, 0.4) is 0 Å². The maximum absolute atomic E-state index is 11.8. The average Bonchev–Trinajstić information content (AvgIpc) is 2.64. The normalized spacial score (nSPS) is 12.9. The second-order valence-corrected chi connectivity index (χ2v) is 4.96. The molecule has 0 amide bonds. The van der Waals surface area contributed by atoms with Gasteiger partial charge in [-0.25, -0.2) is 8.42 Å². The third kappa shape index (κ3) is 3.05. The van der Waals surface area contributed by atoms with E-state index in [-0.39, 0.29) is 11.3 Å². The second-order valence-electron chi connectivity index (χ2n) is 3.28. The third-order valence-electron chi connectivity index (χ3n) is 1.99. The molecule has 0 saturated heterocycles. The lowest BCUT2D eigenvalue weighted by Crippen LogP contribution is -2.40. The molecule has 0 radical (unpaired) electrons. The molecular weight excluding hydrogens is 246 g/mol. The number of carboxylic acids is 1. The molecule has 1 aromatic heterocycles. The summed E-state index contributed by atoms with van der Waals surface area (Å²) >= 11 is 0. The number of rotatable bonds is 5. The van der Waals surface area contributed by atoms with Gasteiger partial charge in [0.1, 0.15) is 10.9 Å². The zero-order valence-electron chi connectivity index (χ0n) is 8.97. The molecular formula is C9H11N3O4S. The van der Waals surface area contributed by atoms with Gasteiger partial charge in [-0.1, -0.05) is 0 Å². The maximum Gasteiger partial charge on any atom is 0.322 e. The Hall–Kier alpha value is -1.85. The van der Waals surface area contributed by atoms with Gasteiger partial charge in [0.15, 0.2) is 0 Å². The first-order chi connectivity index (χ1) is 7.88. The minimum absolute atomic E-state index is 0.0965. The summed E-state index contributed by atoms with van der Waals surface area (Å²) in [5.41, 5.74) is 0.322. The maximum atomic E-state index is 11.8. The molecule has 0 fully saturated rings. The van der Waals surface area contributed by atoms with E-state index in [1.807, 2.05) is 4.72 Å². The van der Waals surface area contributed by atoms with Crippen molar-refractivity contribution in [2.45, 2.75) is 24.3 Å². The van der Waals surface area contributed by atoms with E-state index >= 15 is 0 Å². The predicted octanol–water partition coefficient (Wildman–Crippen LogP) is -0.527. The van der Waals surface area contributed by atoms with Crippen molar-refractivity contribution < 1.29 is 18.3 Å². The van der Waals surface area contributed by atoms with Crippen LogP contribution in [-0.2, 0) is 14.8 Å². The largest absolute Gasteiger partial charge is 0.480 e. The first-order valence-corrected chi connectivity index (χ1v) is 6.05. The van der Waals surface area contributed by atoms with Gasteiger partial charge in [-0.3, -0.25) is 9.89 Å². The number of aliphatic carboxylic acids is 1. The van der Waals surface area contributed by atoms with Crippen LogP contribution < -0.4 is 4.72 Å². The van der Waals surface area contributed by atoms with E-state index in [1.54, 1.807) is 0 Å². The summed E-state index contributed by atoms with van der Waals surface area (Å²) in [6, 6.07) is -1.35. The topological polar surface area (TPSA) is 112 Å². The summed E-state index contributed by atoms with van der Waals surface area (Å²) in [6.07, 6.45) is 5.84. The SMILES string of the molecule is C#CCC(NS(=O)(=O)c1cn[nH]c1C)C(=O)O. The Balaban J connectivity index is 2.98. The van der Waals surface area contributed by atoms with Crippen LogP contribution in [0.4, 0.5) is 0 Å². The minimum atomic E-state index is -3.93. The van der Waals surface area contributed by atoms with E-state index in [4.69, 9.17) is 11.5 Å². The fraction of sp³-hybridized carbons (Fsp3) is 0.333. The molecule has 1 rings (SSSR count). The number of hydrogen-bond acceptors (Lipinski definition) is 4. The number of aryl methyl sites for hydroxylation is 1. The molecule has 3 N–H and O–H groups in total. The monoisotopic (exact) mass is 257 g/mol. The van der Waals surface area contributed by atoms with E-state index in [1.165, 1.54) is 6.92 Å². The molecule has 1 atom stereocenters. The predicted molar refractivity (Wildman–Crippen MR) is 58.5 cm³/mol. The van der Waals surface area contributed by atoms with Crippen LogP contribution in [0.5, 0.6) is 0 Å². The average molecular weight is 257 g/mol. The van der Waals surface area contributed by atoms with Gasteiger partial charge in [0.25, 0.3) is 0 Å². The number of carbonyl (C=O) groups is 1. The highest BCUT2D eigenvalue weighted by Crippen LogP contribution is 2.11. The molecule has 0 aromatic carbocycles. The van der Waals surface area contributed by atoms with Crippen molar-refractivity contribution in [1.82, 2.24) is 14.9 Å². The first-order valence-electron chi connectivity index (χ1n) is 4.57. The van der Waals surface area contributed by atoms with Crippen LogP contribution in [0.2, 0.25) is 0 Å². The van der Waals surface area contributed by atoms with Crippen LogP contribution in [0.25, 0.3) is 0 Å². The molecule has 17 heavy (non-hydrogen) atoms. The number of aromatic nitrogens is 2. The van der Waals surface area contributed by atoms with Gasteiger partial charge in [-0.15, -0.1) is 12.3 Å². The summed E-state index contributed by atoms with van der Waals surface area (Å²) < 4.78 is 25.6. The highest BCUT2D eigenvalue weighted by atomic mass is 32.2. The Kier molecular flexibility index (Phi) is 3.88. The van der Waals surface area contributed by atoms with Crippen LogP contribution in [-0.4, -0.2) is 35.7 Å². The molecule has 1 unspecified atom stereocenters. The zero-order valence-corrected chi connectivity index (χ0v) is 9.78. The molecule has 0 aliphatic heterocycles.